The number of hydrogen-bond donors (Lipinski definition) is 0. The predicted octanol–water partition coefficient (Wildman–Crippen LogP) is 2.89. The first-order valence-electron chi connectivity index (χ1n) is 8.80. The second-order valence-electron chi connectivity index (χ2n) is 6.77. The minimum atomic E-state index is -0.783. The highest BCUT2D eigenvalue weighted by atomic mass is 16.8. The molecule has 2 atom stereocenters. The molecule has 2 rings (SSSR count). The van der Waals surface area contributed by atoms with Crippen LogP contribution >= 0.6 is 0 Å². The van der Waals surface area contributed by atoms with Crippen molar-refractivity contribution in [3.05, 3.63) is 11.6 Å². The summed E-state index contributed by atoms with van der Waals surface area (Å²) in [5.41, 5.74) is 0.728. The Morgan fingerprint density at radius 3 is 2.67 bits per heavy atom. The monoisotopic (exact) mass is 340 g/mol. The summed E-state index contributed by atoms with van der Waals surface area (Å²) in [4.78, 5) is 23.1. The van der Waals surface area contributed by atoms with Gasteiger partial charge in [0.1, 0.15) is 25.4 Å². The van der Waals surface area contributed by atoms with Gasteiger partial charge in [0, 0.05) is 18.1 Å². The Bertz CT molecular complexity index is 482. The zero-order valence-corrected chi connectivity index (χ0v) is 14.8. The summed E-state index contributed by atoms with van der Waals surface area (Å²) >= 11 is 0. The van der Waals surface area contributed by atoms with Crippen molar-refractivity contribution in [2.75, 3.05) is 13.2 Å². The molecular weight excluding hydrogens is 312 g/mol. The van der Waals surface area contributed by atoms with Crippen molar-refractivity contribution in [3.8, 4) is 0 Å². The van der Waals surface area contributed by atoms with Crippen LogP contribution in [-0.4, -0.2) is 43.1 Å². The summed E-state index contributed by atoms with van der Waals surface area (Å²) < 4.78 is 21.9. The van der Waals surface area contributed by atoms with Crippen molar-refractivity contribution in [1.82, 2.24) is 0 Å². The quantitative estimate of drug-likeness (QED) is 0.475. The van der Waals surface area contributed by atoms with Crippen LogP contribution in [0, 0.1) is 0 Å². The molecule has 0 saturated carbocycles. The molecule has 24 heavy (non-hydrogen) atoms. The summed E-state index contributed by atoms with van der Waals surface area (Å²) in [6.45, 7) is 6.08. The van der Waals surface area contributed by atoms with Gasteiger partial charge in [-0.3, -0.25) is 4.79 Å². The van der Waals surface area contributed by atoms with Gasteiger partial charge in [0.25, 0.3) is 0 Å². The zero-order valence-electron chi connectivity index (χ0n) is 14.8. The highest BCUT2D eigenvalue weighted by Gasteiger charge is 2.44. The summed E-state index contributed by atoms with van der Waals surface area (Å²) in [7, 11) is 0. The van der Waals surface area contributed by atoms with E-state index in [-0.39, 0.29) is 25.2 Å². The lowest BCUT2D eigenvalue weighted by atomic mass is 10.1. The van der Waals surface area contributed by atoms with E-state index >= 15 is 0 Å². The van der Waals surface area contributed by atoms with Crippen LogP contribution in [0.2, 0.25) is 0 Å². The molecule has 6 heteroatoms. The van der Waals surface area contributed by atoms with Crippen LogP contribution in [0.5, 0.6) is 0 Å². The lowest BCUT2D eigenvalue weighted by molar-refractivity contribution is -0.159. The lowest BCUT2D eigenvalue weighted by Crippen LogP contribution is -2.31. The average molecular weight is 340 g/mol. The van der Waals surface area contributed by atoms with Crippen LogP contribution in [-0.2, 0) is 28.5 Å². The Hall–Kier alpha value is -1.40. The summed E-state index contributed by atoms with van der Waals surface area (Å²) in [6.07, 6.45) is 6.44. The third-order valence-electron chi connectivity index (χ3n) is 4.13. The molecule has 0 aliphatic carbocycles. The molecule has 0 aromatic heterocycles. The molecule has 0 bridgehead atoms. The summed E-state index contributed by atoms with van der Waals surface area (Å²) in [6, 6.07) is 0. The largest absolute Gasteiger partial charge is 0.463 e. The van der Waals surface area contributed by atoms with E-state index < -0.39 is 18.0 Å². The molecule has 0 radical (unpaired) electrons. The van der Waals surface area contributed by atoms with E-state index in [2.05, 4.69) is 6.92 Å². The van der Waals surface area contributed by atoms with Crippen molar-refractivity contribution in [3.63, 3.8) is 0 Å². The fourth-order valence-corrected chi connectivity index (χ4v) is 2.95. The molecule has 1 fully saturated rings. The van der Waals surface area contributed by atoms with E-state index in [1.54, 1.807) is 13.8 Å². The molecule has 2 aliphatic heterocycles. The van der Waals surface area contributed by atoms with E-state index in [9.17, 15) is 9.59 Å². The van der Waals surface area contributed by atoms with E-state index in [0.29, 0.717) is 6.42 Å². The first-order valence-corrected chi connectivity index (χ1v) is 8.80. The standard InChI is InChI=1S/C18H28O6/c1-4-5-6-7-8-9-15(19)22-12-14-17(24-18(2,3)23-14)13-10-16(20)21-11-13/h10,14,17H,4-9,11-12H2,1-3H3/t14-,17-/m1/s1. The molecular formula is C18H28O6. The minimum absolute atomic E-state index is 0.118. The van der Waals surface area contributed by atoms with Crippen molar-refractivity contribution in [2.24, 2.45) is 0 Å². The van der Waals surface area contributed by atoms with Crippen LogP contribution in [0.25, 0.3) is 0 Å². The topological polar surface area (TPSA) is 71.1 Å². The van der Waals surface area contributed by atoms with Crippen molar-refractivity contribution >= 4 is 11.9 Å². The van der Waals surface area contributed by atoms with Gasteiger partial charge in [0.2, 0.25) is 0 Å². The SMILES string of the molecule is CCCCCCCC(=O)OC[C@H]1OC(C)(C)O[C@@H]1C1=CC(=O)OC1. The smallest absolute Gasteiger partial charge is 0.331 e. The molecule has 0 N–H and O–H groups in total. The Morgan fingerprint density at radius 2 is 2.00 bits per heavy atom. The highest BCUT2D eigenvalue weighted by molar-refractivity contribution is 5.85. The van der Waals surface area contributed by atoms with Gasteiger partial charge in [-0.15, -0.1) is 0 Å². The van der Waals surface area contributed by atoms with Crippen LogP contribution in [0.3, 0.4) is 0 Å². The third-order valence-corrected chi connectivity index (χ3v) is 4.13. The first-order chi connectivity index (χ1) is 11.4. The number of unbranched alkanes of at least 4 members (excludes halogenated alkanes) is 4. The Balaban J connectivity index is 1.78. The van der Waals surface area contributed by atoms with Gasteiger partial charge in [-0.05, 0) is 20.3 Å². The third kappa shape index (κ3) is 5.60. The second kappa shape index (κ2) is 8.62. The number of rotatable bonds is 9. The minimum Gasteiger partial charge on any atom is -0.463 e. The zero-order chi connectivity index (χ0) is 17.6. The average Bonchev–Trinajstić information content (AvgIpc) is 3.07. The van der Waals surface area contributed by atoms with Gasteiger partial charge < -0.3 is 18.9 Å². The molecule has 2 aliphatic rings. The Labute approximate surface area is 143 Å². The van der Waals surface area contributed by atoms with E-state index in [1.807, 2.05) is 0 Å². The predicted molar refractivity (Wildman–Crippen MR) is 87.2 cm³/mol. The number of cyclic esters (lactones) is 1. The first kappa shape index (κ1) is 18.9. The van der Waals surface area contributed by atoms with Gasteiger partial charge in [0.05, 0.1) is 0 Å². The van der Waals surface area contributed by atoms with E-state index in [0.717, 1.165) is 24.8 Å². The Kier molecular flexibility index (Phi) is 6.80. The highest BCUT2D eigenvalue weighted by Crippen LogP contribution is 2.33. The van der Waals surface area contributed by atoms with Gasteiger partial charge in [-0.1, -0.05) is 32.6 Å². The van der Waals surface area contributed by atoms with Gasteiger partial charge in [-0.25, -0.2) is 4.79 Å². The second-order valence-corrected chi connectivity index (χ2v) is 6.77. The van der Waals surface area contributed by atoms with Crippen molar-refractivity contribution in [2.45, 2.75) is 77.3 Å². The number of carbonyl (C=O) groups is 2. The molecule has 0 aromatic carbocycles. The van der Waals surface area contributed by atoms with Crippen LogP contribution in [0.4, 0.5) is 0 Å². The van der Waals surface area contributed by atoms with Crippen LogP contribution in [0.1, 0.15) is 59.3 Å². The van der Waals surface area contributed by atoms with E-state index in [1.165, 1.54) is 18.9 Å². The van der Waals surface area contributed by atoms with Gasteiger partial charge in [-0.2, -0.15) is 0 Å². The number of ether oxygens (including phenoxy) is 4. The Morgan fingerprint density at radius 1 is 1.25 bits per heavy atom. The van der Waals surface area contributed by atoms with Crippen LogP contribution in [0.15, 0.2) is 11.6 Å². The maximum Gasteiger partial charge on any atom is 0.331 e. The van der Waals surface area contributed by atoms with Gasteiger partial charge >= 0.3 is 11.9 Å². The molecule has 0 unspecified atom stereocenters. The fraction of sp³-hybridized carbons (Fsp3) is 0.778. The van der Waals surface area contributed by atoms with Crippen molar-refractivity contribution in [1.29, 1.82) is 0 Å². The summed E-state index contributed by atoms with van der Waals surface area (Å²) in [5.74, 6) is -1.37. The molecule has 136 valence electrons. The molecule has 6 nitrogen and oxygen atoms in total. The van der Waals surface area contributed by atoms with Gasteiger partial charge in [0.15, 0.2) is 5.79 Å². The van der Waals surface area contributed by atoms with Crippen LogP contribution < -0.4 is 0 Å². The maximum atomic E-state index is 11.9. The maximum absolute atomic E-state index is 11.9. The molecule has 0 spiro atoms. The fourth-order valence-electron chi connectivity index (χ4n) is 2.95. The molecule has 0 amide bonds. The van der Waals surface area contributed by atoms with E-state index in [4.69, 9.17) is 18.9 Å². The molecule has 0 aromatic rings. The number of hydrogen-bond acceptors (Lipinski definition) is 6. The normalized spacial score (nSPS) is 25.5. The number of esters is 2. The molecule has 2 heterocycles. The summed E-state index contributed by atoms with van der Waals surface area (Å²) in [5, 5.41) is 0. The lowest BCUT2D eigenvalue weighted by Gasteiger charge is -2.17. The van der Waals surface area contributed by atoms with Crippen molar-refractivity contribution < 1.29 is 28.5 Å². The number of carbonyl (C=O) groups excluding carboxylic acids is 2. The molecule has 1 saturated heterocycles.